The molecule has 2 heterocycles. The SMILES string of the molecule is C\C=C/C=C\C=C\C1(NC(=O)c2cc3cc(Cl)cc(F)c3[nH]2)COC1. The number of hydrogen-bond donors (Lipinski definition) is 2. The van der Waals surface area contributed by atoms with Gasteiger partial charge in [-0.25, -0.2) is 4.39 Å². The Bertz CT molecular complexity index is 879. The molecule has 6 heteroatoms. The van der Waals surface area contributed by atoms with Gasteiger partial charge in [0.05, 0.1) is 18.7 Å². The van der Waals surface area contributed by atoms with E-state index in [9.17, 15) is 9.18 Å². The first-order valence-electron chi connectivity index (χ1n) is 7.88. The summed E-state index contributed by atoms with van der Waals surface area (Å²) in [5.41, 5.74) is -0.0104. The molecular formula is C19H18ClFN2O2. The van der Waals surface area contributed by atoms with Crippen molar-refractivity contribution in [1.29, 1.82) is 0 Å². The fourth-order valence-corrected chi connectivity index (χ4v) is 2.81. The van der Waals surface area contributed by atoms with Crippen LogP contribution in [0, 0.1) is 5.82 Å². The summed E-state index contributed by atoms with van der Waals surface area (Å²) in [7, 11) is 0. The Hall–Kier alpha value is -2.37. The highest BCUT2D eigenvalue weighted by Gasteiger charge is 2.37. The summed E-state index contributed by atoms with van der Waals surface area (Å²) in [6, 6.07) is 4.41. The molecule has 2 N–H and O–H groups in total. The molecule has 130 valence electrons. The first kappa shape index (κ1) is 17.5. The summed E-state index contributed by atoms with van der Waals surface area (Å²) in [5.74, 6) is -0.811. The third kappa shape index (κ3) is 3.83. The number of hydrogen-bond acceptors (Lipinski definition) is 2. The lowest BCUT2D eigenvalue weighted by atomic mass is 9.96. The minimum absolute atomic E-state index is 0.262. The predicted octanol–water partition coefficient (Wildman–Crippen LogP) is 4.15. The van der Waals surface area contributed by atoms with Gasteiger partial charge in [-0.1, -0.05) is 48.1 Å². The maximum atomic E-state index is 13.9. The van der Waals surface area contributed by atoms with Gasteiger partial charge in [-0.05, 0) is 25.1 Å². The summed E-state index contributed by atoms with van der Waals surface area (Å²) in [4.78, 5) is 15.3. The normalized spacial score (nSPS) is 16.9. The van der Waals surface area contributed by atoms with Crippen LogP contribution in [-0.4, -0.2) is 29.6 Å². The van der Waals surface area contributed by atoms with E-state index in [0.717, 1.165) is 0 Å². The van der Waals surface area contributed by atoms with Crippen molar-refractivity contribution in [3.05, 3.63) is 71.2 Å². The van der Waals surface area contributed by atoms with E-state index in [2.05, 4.69) is 10.3 Å². The molecule has 0 radical (unpaired) electrons. The lowest BCUT2D eigenvalue weighted by Crippen LogP contribution is -2.60. The largest absolute Gasteiger partial charge is 0.376 e. The van der Waals surface area contributed by atoms with Gasteiger partial charge in [-0.2, -0.15) is 0 Å². The molecule has 0 unspecified atom stereocenters. The van der Waals surface area contributed by atoms with Crippen LogP contribution >= 0.6 is 11.6 Å². The number of benzene rings is 1. The van der Waals surface area contributed by atoms with Gasteiger partial charge in [0.15, 0.2) is 0 Å². The zero-order valence-electron chi connectivity index (χ0n) is 13.7. The average Bonchev–Trinajstić information content (AvgIpc) is 2.96. The van der Waals surface area contributed by atoms with E-state index in [1.165, 1.54) is 6.07 Å². The van der Waals surface area contributed by atoms with Gasteiger partial charge >= 0.3 is 0 Å². The minimum atomic E-state index is -0.551. The van der Waals surface area contributed by atoms with Crippen molar-refractivity contribution >= 4 is 28.4 Å². The first-order chi connectivity index (χ1) is 12.0. The van der Waals surface area contributed by atoms with Crippen molar-refractivity contribution < 1.29 is 13.9 Å². The second-order valence-corrected chi connectivity index (χ2v) is 6.34. The zero-order valence-corrected chi connectivity index (χ0v) is 14.4. The van der Waals surface area contributed by atoms with Gasteiger partial charge in [0.25, 0.3) is 5.91 Å². The van der Waals surface area contributed by atoms with Crippen LogP contribution in [0.4, 0.5) is 4.39 Å². The Balaban J connectivity index is 1.77. The quantitative estimate of drug-likeness (QED) is 0.787. The number of ether oxygens (including phenoxy) is 1. The van der Waals surface area contributed by atoms with E-state index in [1.807, 2.05) is 43.4 Å². The Morgan fingerprint density at radius 3 is 2.72 bits per heavy atom. The number of rotatable bonds is 5. The first-order valence-corrected chi connectivity index (χ1v) is 8.26. The van der Waals surface area contributed by atoms with Crippen LogP contribution in [0.5, 0.6) is 0 Å². The van der Waals surface area contributed by atoms with E-state index in [0.29, 0.717) is 18.6 Å². The van der Waals surface area contributed by atoms with Gasteiger partial charge < -0.3 is 15.0 Å². The van der Waals surface area contributed by atoms with Crippen LogP contribution < -0.4 is 5.32 Å². The summed E-state index contributed by atoms with van der Waals surface area (Å²) in [6.45, 7) is 2.73. The summed E-state index contributed by atoms with van der Waals surface area (Å²) < 4.78 is 19.2. The second kappa shape index (κ2) is 7.25. The molecule has 0 bridgehead atoms. The topological polar surface area (TPSA) is 54.1 Å². The number of amides is 1. The van der Waals surface area contributed by atoms with Crippen LogP contribution in [0.25, 0.3) is 10.9 Å². The lowest BCUT2D eigenvalue weighted by Gasteiger charge is -2.39. The van der Waals surface area contributed by atoms with E-state index in [1.54, 1.807) is 12.1 Å². The van der Waals surface area contributed by atoms with Crippen LogP contribution in [0.3, 0.4) is 0 Å². The molecule has 25 heavy (non-hydrogen) atoms. The van der Waals surface area contributed by atoms with Crippen LogP contribution in [0.1, 0.15) is 17.4 Å². The van der Waals surface area contributed by atoms with E-state index >= 15 is 0 Å². The highest BCUT2D eigenvalue weighted by atomic mass is 35.5. The van der Waals surface area contributed by atoms with Gasteiger partial charge in [-0.3, -0.25) is 4.79 Å². The lowest BCUT2D eigenvalue weighted by molar-refractivity contribution is -0.0438. The fraction of sp³-hybridized carbons (Fsp3) is 0.211. The maximum Gasteiger partial charge on any atom is 0.268 e. The molecule has 0 saturated carbocycles. The minimum Gasteiger partial charge on any atom is -0.376 e. The smallest absolute Gasteiger partial charge is 0.268 e. The van der Waals surface area contributed by atoms with Crippen molar-refractivity contribution in [3.63, 3.8) is 0 Å². The van der Waals surface area contributed by atoms with Gasteiger partial charge in [0.1, 0.15) is 17.1 Å². The number of carbonyl (C=O) groups is 1. The van der Waals surface area contributed by atoms with Crippen LogP contribution in [0.2, 0.25) is 5.02 Å². The Labute approximate surface area is 150 Å². The molecule has 1 aromatic carbocycles. The Kier molecular flexibility index (Phi) is 5.06. The van der Waals surface area contributed by atoms with Crippen molar-refractivity contribution in [1.82, 2.24) is 10.3 Å². The van der Waals surface area contributed by atoms with E-state index in [4.69, 9.17) is 16.3 Å². The van der Waals surface area contributed by atoms with Gasteiger partial charge in [0.2, 0.25) is 0 Å². The standard InChI is InChI=1S/C19H18ClFN2O2/c1-2-3-4-5-6-7-19(11-25-12-19)23-18(24)16-9-13-8-14(20)10-15(21)17(13)22-16/h2-10,22H,11-12H2,1H3,(H,23,24)/b3-2-,5-4-,7-6+. The number of aromatic nitrogens is 1. The highest BCUT2D eigenvalue weighted by molar-refractivity contribution is 6.31. The molecule has 1 aliphatic heterocycles. The molecule has 0 atom stereocenters. The molecule has 1 aromatic heterocycles. The van der Waals surface area contributed by atoms with Crippen molar-refractivity contribution in [2.75, 3.05) is 13.2 Å². The summed E-state index contributed by atoms with van der Waals surface area (Å²) in [6.07, 6.45) is 11.4. The van der Waals surface area contributed by atoms with Gasteiger partial charge in [-0.15, -0.1) is 0 Å². The number of nitrogens with one attached hydrogen (secondary N) is 2. The monoisotopic (exact) mass is 360 g/mol. The molecule has 1 saturated heterocycles. The van der Waals surface area contributed by atoms with Crippen molar-refractivity contribution in [2.45, 2.75) is 12.5 Å². The summed E-state index contributed by atoms with van der Waals surface area (Å²) >= 11 is 5.85. The average molecular weight is 361 g/mol. The van der Waals surface area contributed by atoms with Crippen LogP contribution in [0.15, 0.2) is 54.7 Å². The number of H-pyrrole nitrogens is 1. The molecule has 3 rings (SSSR count). The van der Waals surface area contributed by atoms with Crippen molar-refractivity contribution in [2.24, 2.45) is 0 Å². The Morgan fingerprint density at radius 1 is 1.28 bits per heavy atom. The maximum absolute atomic E-state index is 13.9. The van der Waals surface area contributed by atoms with Crippen molar-refractivity contribution in [3.8, 4) is 0 Å². The molecule has 2 aromatic rings. The molecule has 1 fully saturated rings. The summed E-state index contributed by atoms with van der Waals surface area (Å²) in [5, 5.41) is 3.78. The number of carbonyl (C=O) groups excluding carboxylic acids is 1. The number of aromatic amines is 1. The highest BCUT2D eigenvalue weighted by Crippen LogP contribution is 2.25. The molecule has 4 nitrogen and oxygen atoms in total. The predicted molar refractivity (Wildman–Crippen MR) is 97.4 cm³/mol. The van der Waals surface area contributed by atoms with Gasteiger partial charge in [0, 0.05) is 10.4 Å². The Morgan fingerprint density at radius 2 is 2.04 bits per heavy atom. The second-order valence-electron chi connectivity index (χ2n) is 5.91. The molecule has 1 amide bonds. The number of allylic oxidation sites excluding steroid dienone is 5. The molecule has 1 aliphatic rings. The molecule has 0 spiro atoms. The third-order valence-electron chi connectivity index (χ3n) is 3.91. The third-order valence-corrected chi connectivity index (χ3v) is 4.13. The van der Waals surface area contributed by atoms with Crippen LogP contribution in [-0.2, 0) is 4.74 Å². The van der Waals surface area contributed by atoms with E-state index in [-0.39, 0.29) is 22.1 Å². The van der Waals surface area contributed by atoms with E-state index < -0.39 is 11.4 Å². The zero-order chi connectivity index (χ0) is 17.9. The number of halogens is 2. The molecule has 0 aliphatic carbocycles. The molecular weight excluding hydrogens is 343 g/mol. The number of fused-ring (bicyclic) bond motifs is 1. The fourth-order valence-electron chi connectivity index (χ4n) is 2.59.